The van der Waals surface area contributed by atoms with Gasteiger partial charge in [-0.3, -0.25) is 0 Å². The van der Waals surface area contributed by atoms with Gasteiger partial charge in [0.2, 0.25) is 0 Å². The van der Waals surface area contributed by atoms with Crippen LogP contribution < -0.4 is 0 Å². The van der Waals surface area contributed by atoms with Crippen molar-refractivity contribution in [1.82, 2.24) is 0 Å². The van der Waals surface area contributed by atoms with Gasteiger partial charge in [-0.2, -0.15) is 0 Å². The van der Waals surface area contributed by atoms with Crippen LogP contribution in [0, 0.1) is 11.8 Å². The quantitative estimate of drug-likeness (QED) is 0.645. The Morgan fingerprint density at radius 2 is 1.93 bits per heavy atom. The number of hydrogen-bond donors (Lipinski definition) is 0. The fourth-order valence-electron chi connectivity index (χ4n) is 4.47. The highest BCUT2D eigenvalue weighted by Crippen LogP contribution is 2.41. The van der Waals surface area contributed by atoms with Crippen LogP contribution in [0.15, 0.2) is 47.9 Å². The molecule has 1 aromatic rings. The number of ether oxygens (including phenoxy) is 2. The Labute approximate surface area is 163 Å². The minimum absolute atomic E-state index is 0.0322. The van der Waals surface area contributed by atoms with Gasteiger partial charge in [0.05, 0.1) is 34.6 Å². The number of sulfone groups is 1. The molecule has 0 saturated carbocycles. The summed E-state index contributed by atoms with van der Waals surface area (Å²) in [7, 11) is -3.34. The molecular weight excluding hydrogens is 360 g/mol. The minimum atomic E-state index is -3.34. The van der Waals surface area contributed by atoms with Crippen LogP contribution in [-0.4, -0.2) is 38.1 Å². The second-order valence-corrected chi connectivity index (χ2v) is 10.7. The third kappa shape index (κ3) is 4.82. The van der Waals surface area contributed by atoms with Crippen molar-refractivity contribution in [2.24, 2.45) is 11.8 Å². The van der Waals surface area contributed by atoms with Crippen molar-refractivity contribution in [3.8, 4) is 0 Å². The molecule has 2 aliphatic heterocycles. The summed E-state index contributed by atoms with van der Waals surface area (Å²) in [5.41, 5.74) is -0.0664. The molecule has 150 valence electrons. The molecule has 2 fully saturated rings. The molecule has 27 heavy (non-hydrogen) atoms. The van der Waals surface area contributed by atoms with Crippen LogP contribution in [0.1, 0.15) is 46.5 Å². The van der Waals surface area contributed by atoms with E-state index in [1.165, 1.54) is 0 Å². The molecule has 2 heterocycles. The minimum Gasteiger partial charge on any atom is -0.374 e. The lowest BCUT2D eigenvalue weighted by Crippen LogP contribution is -2.29. The maximum absolute atomic E-state index is 12.9. The van der Waals surface area contributed by atoms with Crippen LogP contribution >= 0.6 is 0 Å². The highest BCUT2D eigenvalue weighted by molar-refractivity contribution is 7.91. The Bertz CT molecular complexity index is 741. The van der Waals surface area contributed by atoms with Crippen molar-refractivity contribution in [3.63, 3.8) is 0 Å². The molecule has 5 heteroatoms. The number of benzene rings is 1. The molecule has 5 atom stereocenters. The van der Waals surface area contributed by atoms with Gasteiger partial charge in [-0.25, -0.2) is 8.42 Å². The van der Waals surface area contributed by atoms with Crippen molar-refractivity contribution < 1.29 is 17.9 Å². The van der Waals surface area contributed by atoms with E-state index in [4.69, 9.17) is 9.47 Å². The number of rotatable bonds is 7. The number of hydrogen-bond acceptors (Lipinski definition) is 4. The summed E-state index contributed by atoms with van der Waals surface area (Å²) in [5, 5.41) is 0. The largest absolute Gasteiger partial charge is 0.374 e. The highest BCUT2D eigenvalue weighted by Gasteiger charge is 2.45. The lowest BCUT2D eigenvalue weighted by molar-refractivity contribution is -0.0511. The molecule has 1 aromatic carbocycles. The SMILES string of the molecule is C=CC[C@@H]1O[C@H](C[C@H]2CCC(C)(C)O2)[C@H](C)[C@H]1CS(=O)(=O)c1ccccc1. The summed E-state index contributed by atoms with van der Waals surface area (Å²) in [6.07, 6.45) is 5.56. The molecule has 2 saturated heterocycles. The van der Waals surface area contributed by atoms with Crippen molar-refractivity contribution in [3.05, 3.63) is 43.0 Å². The van der Waals surface area contributed by atoms with Gasteiger partial charge < -0.3 is 9.47 Å². The lowest BCUT2D eigenvalue weighted by atomic mass is 9.87. The molecule has 0 radical (unpaired) electrons. The molecule has 0 aromatic heterocycles. The first-order valence-corrected chi connectivity index (χ1v) is 11.6. The van der Waals surface area contributed by atoms with Crippen LogP contribution in [0.4, 0.5) is 0 Å². The Kier molecular flexibility index (Phi) is 6.14. The first-order valence-electron chi connectivity index (χ1n) is 9.94. The van der Waals surface area contributed by atoms with E-state index in [-0.39, 0.29) is 41.5 Å². The summed E-state index contributed by atoms with van der Waals surface area (Å²) in [6, 6.07) is 8.71. The fourth-order valence-corrected chi connectivity index (χ4v) is 6.26. The van der Waals surface area contributed by atoms with E-state index in [1.54, 1.807) is 24.3 Å². The highest BCUT2D eigenvalue weighted by atomic mass is 32.2. The molecule has 0 amide bonds. The molecule has 0 N–H and O–H groups in total. The molecule has 4 nitrogen and oxygen atoms in total. The molecule has 0 bridgehead atoms. The van der Waals surface area contributed by atoms with E-state index in [0.29, 0.717) is 11.3 Å². The van der Waals surface area contributed by atoms with E-state index in [9.17, 15) is 8.42 Å². The zero-order chi connectivity index (χ0) is 19.7. The van der Waals surface area contributed by atoms with Gasteiger partial charge >= 0.3 is 0 Å². The van der Waals surface area contributed by atoms with E-state index < -0.39 is 9.84 Å². The van der Waals surface area contributed by atoms with E-state index in [1.807, 2.05) is 12.1 Å². The second kappa shape index (κ2) is 8.06. The Balaban J connectivity index is 1.72. The topological polar surface area (TPSA) is 52.6 Å². The zero-order valence-corrected chi connectivity index (χ0v) is 17.5. The van der Waals surface area contributed by atoms with Crippen molar-refractivity contribution in [2.45, 2.75) is 75.3 Å². The van der Waals surface area contributed by atoms with Gasteiger partial charge in [-0.05, 0) is 51.2 Å². The maximum atomic E-state index is 12.9. The Morgan fingerprint density at radius 1 is 1.22 bits per heavy atom. The van der Waals surface area contributed by atoms with E-state index >= 15 is 0 Å². The smallest absolute Gasteiger partial charge is 0.178 e. The monoisotopic (exact) mass is 392 g/mol. The lowest BCUT2D eigenvalue weighted by Gasteiger charge is -2.23. The third-order valence-electron chi connectivity index (χ3n) is 6.05. The summed E-state index contributed by atoms with van der Waals surface area (Å²) < 4.78 is 38.3. The first kappa shape index (κ1) is 20.6. The van der Waals surface area contributed by atoms with Gasteiger partial charge in [-0.15, -0.1) is 6.58 Å². The van der Waals surface area contributed by atoms with Gasteiger partial charge in [0.25, 0.3) is 0 Å². The molecule has 2 aliphatic rings. The van der Waals surface area contributed by atoms with E-state index in [0.717, 1.165) is 19.3 Å². The second-order valence-electron chi connectivity index (χ2n) is 8.63. The fraction of sp³-hybridized carbons (Fsp3) is 0.636. The zero-order valence-electron chi connectivity index (χ0n) is 16.6. The standard InChI is InChI=1S/C22H32O4S/c1-5-9-20-19(15-27(23,24)18-10-7-6-8-11-18)16(2)21(25-20)14-17-12-13-22(3,4)26-17/h5-8,10-11,16-17,19-21H,1,9,12-15H2,2-4H3/t16-,17-,19-,20+,21-/m1/s1. The van der Waals surface area contributed by atoms with E-state index in [2.05, 4.69) is 27.4 Å². The van der Waals surface area contributed by atoms with Crippen molar-refractivity contribution in [2.75, 3.05) is 5.75 Å². The summed E-state index contributed by atoms with van der Waals surface area (Å²) in [4.78, 5) is 0.388. The van der Waals surface area contributed by atoms with Crippen LogP contribution in [0.5, 0.6) is 0 Å². The van der Waals surface area contributed by atoms with Crippen LogP contribution in [0.3, 0.4) is 0 Å². The normalized spacial score (nSPS) is 33.2. The van der Waals surface area contributed by atoms with Crippen LogP contribution in [0.2, 0.25) is 0 Å². The third-order valence-corrected chi connectivity index (χ3v) is 7.87. The molecule has 0 unspecified atom stereocenters. The maximum Gasteiger partial charge on any atom is 0.178 e. The molecule has 0 aliphatic carbocycles. The van der Waals surface area contributed by atoms with Crippen LogP contribution in [0.25, 0.3) is 0 Å². The Hall–Kier alpha value is -1.17. The van der Waals surface area contributed by atoms with Crippen LogP contribution in [-0.2, 0) is 19.3 Å². The molecular formula is C22H32O4S. The summed E-state index contributed by atoms with van der Waals surface area (Å²) >= 11 is 0. The molecule has 0 spiro atoms. The van der Waals surface area contributed by atoms with Gasteiger partial charge in [-0.1, -0.05) is 31.2 Å². The molecule has 3 rings (SSSR count). The first-order chi connectivity index (χ1) is 12.7. The Morgan fingerprint density at radius 3 is 2.52 bits per heavy atom. The van der Waals surface area contributed by atoms with Gasteiger partial charge in [0.1, 0.15) is 0 Å². The van der Waals surface area contributed by atoms with Crippen molar-refractivity contribution >= 4 is 9.84 Å². The predicted octanol–water partition coefficient (Wildman–Crippen LogP) is 4.40. The van der Waals surface area contributed by atoms with Gasteiger partial charge in [0.15, 0.2) is 9.84 Å². The average molecular weight is 393 g/mol. The summed E-state index contributed by atoms with van der Waals surface area (Å²) in [5.74, 6) is 0.248. The predicted molar refractivity (Wildman–Crippen MR) is 107 cm³/mol. The average Bonchev–Trinajstić information content (AvgIpc) is 3.10. The summed E-state index contributed by atoms with van der Waals surface area (Å²) in [6.45, 7) is 10.2. The van der Waals surface area contributed by atoms with Crippen molar-refractivity contribution in [1.29, 1.82) is 0 Å². The van der Waals surface area contributed by atoms with Gasteiger partial charge in [0, 0.05) is 12.3 Å².